The van der Waals surface area contributed by atoms with Crippen molar-refractivity contribution in [3.63, 3.8) is 0 Å². The van der Waals surface area contributed by atoms with Crippen molar-refractivity contribution >= 4 is 41.4 Å². The molecule has 6 amide bonds. The van der Waals surface area contributed by atoms with Crippen molar-refractivity contribution in [3.05, 3.63) is 29.8 Å². The number of aliphatic hydroxyl groups is 3. The number of phenols is 1. The van der Waals surface area contributed by atoms with Gasteiger partial charge in [-0.05, 0) is 44.4 Å². The van der Waals surface area contributed by atoms with Crippen LogP contribution >= 0.6 is 0 Å². The lowest BCUT2D eigenvalue weighted by atomic mass is 10.0. The van der Waals surface area contributed by atoms with Gasteiger partial charge in [-0.1, -0.05) is 12.1 Å². The molecule has 0 radical (unpaired) electrons. The van der Waals surface area contributed by atoms with E-state index < -0.39 is 104 Å². The molecule has 0 saturated carbocycles. The van der Waals surface area contributed by atoms with Crippen molar-refractivity contribution in [2.75, 3.05) is 26.3 Å². The molecule has 0 aliphatic carbocycles. The molecule has 0 aromatic heterocycles. The molecule has 19 heteroatoms. The summed E-state index contributed by atoms with van der Waals surface area (Å²) < 4.78 is 0. The molecule has 1 aliphatic heterocycles. The Morgan fingerprint density at radius 2 is 1.50 bits per heavy atom. The molecule has 7 atom stereocenters. The van der Waals surface area contributed by atoms with Crippen LogP contribution in [0.25, 0.3) is 0 Å². The van der Waals surface area contributed by atoms with Crippen LogP contribution in [0.5, 0.6) is 5.75 Å². The highest BCUT2D eigenvalue weighted by atomic mass is 16.4. The van der Waals surface area contributed by atoms with Crippen LogP contribution in [0.15, 0.2) is 24.3 Å². The summed E-state index contributed by atoms with van der Waals surface area (Å²) in [6.45, 7) is 0.407. The number of aliphatic carboxylic acids is 1. The number of nitrogens with zero attached hydrogens (tertiary/aromatic N) is 1. The Morgan fingerprint density at radius 1 is 0.875 bits per heavy atom. The van der Waals surface area contributed by atoms with Crippen LogP contribution < -0.4 is 32.3 Å². The first kappa shape index (κ1) is 39.3. The molecule has 0 unspecified atom stereocenters. The first-order valence-electron chi connectivity index (χ1n) is 15.0. The van der Waals surface area contributed by atoms with E-state index in [9.17, 15) is 54.0 Å². The summed E-state index contributed by atoms with van der Waals surface area (Å²) in [4.78, 5) is 89.1. The second-order valence-corrected chi connectivity index (χ2v) is 11.2. The maximum atomic E-state index is 13.3. The monoisotopic (exact) mass is 681 g/mol. The van der Waals surface area contributed by atoms with E-state index in [2.05, 4.69) is 26.6 Å². The Hall–Kier alpha value is -4.85. The van der Waals surface area contributed by atoms with Crippen molar-refractivity contribution < 1.29 is 59.1 Å². The van der Waals surface area contributed by atoms with E-state index in [0.717, 1.165) is 11.8 Å². The fraction of sp³-hybridized carbons (Fsp3) is 0.552. The molecule has 1 fully saturated rings. The molecule has 2 rings (SSSR count). The number of aliphatic hydroxyl groups excluding tert-OH is 3. The first-order valence-corrected chi connectivity index (χ1v) is 15.0. The summed E-state index contributed by atoms with van der Waals surface area (Å²) in [5.41, 5.74) is 5.86. The standard InChI is InChI=1S/C29H43N7O12/c1-14(28(46)36-9-3-4-21(36)29(47)48)32-22(41)11-31-25(43)19(10-16-5-7-17(40)8-6-16)33-27(45)23(15(2)39)35-26(44)20(13-38)34-24(42)18(30)12-37/h5-8,14-15,18-21,23,37-40H,3-4,9-13,30H2,1-2H3,(H,31,43)(H,32,41)(H,33,45)(H,34,42)(H,35,44)(H,47,48)/t14-,15+,18-,19-,20-,21-,23-/m0/s1. The fourth-order valence-electron chi connectivity index (χ4n) is 4.73. The molecule has 266 valence electrons. The highest BCUT2D eigenvalue weighted by Gasteiger charge is 2.37. The lowest BCUT2D eigenvalue weighted by Crippen LogP contribution is -2.61. The second-order valence-electron chi connectivity index (χ2n) is 11.2. The van der Waals surface area contributed by atoms with Crippen molar-refractivity contribution in [1.82, 2.24) is 31.5 Å². The normalized spacial score (nSPS) is 17.9. The first-order chi connectivity index (χ1) is 22.6. The van der Waals surface area contributed by atoms with Gasteiger partial charge < -0.3 is 62.8 Å². The van der Waals surface area contributed by atoms with Gasteiger partial charge in [-0.2, -0.15) is 0 Å². The number of nitrogens with two attached hydrogens (primary N) is 1. The summed E-state index contributed by atoms with van der Waals surface area (Å²) in [7, 11) is 0. The summed E-state index contributed by atoms with van der Waals surface area (Å²) in [6, 6.07) is -2.66. The van der Waals surface area contributed by atoms with Gasteiger partial charge in [0.05, 0.1) is 25.9 Å². The molecule has 0 bridgehead atoms. The molecule has 1 saturated heterocycles. The number of rotatable bonds is 17. The van der Waals surface area contributed by atoms with E-state index in [-0.39, 0.29) is 25.1 Å². The third-order valence-electron chi connectivity index (χ3n) is 7.41. The van der Waals surface area contributed by atoms with E-state index >= 15 is 0 Å². The minimum absolute atomic E-state index is 0.0740. The number of carbonyl (C=O) groups excluding carboxylic acids is 6. The largest absolute Gasteiger partial charge is 0.508 e. The lowest BCUT2D eigenvalue weighted by molar-refractivity contribution is -0.149. The van der Waals surface area contributed by atoms with Gasteiger partial charge in [-0.3, -0.25) is 28.8 Å². The van der Waals surface area contributed by atoms with Crippen molar-refractivity contribution in [1.29, 1.82) is 0 Å². The maximum Gasteiger partial charge on any atom is 0.326 e. The molecule has 1 aromatic rings. The Labute approximate surface area is 275 Å². The van der Waals surface area contributed by atoms with Gasteiger partial charge in [0.2, 0.25) is 35.4 Å². The van der Waals surface area contributed by atoms with Crippen LogP contribution in [0.4, 0.5) is 0 Å². The van der Waals surface area contributed by atoms with Crippen LogP contribution in [-0.4, -0.2) is 141 Å². The number of amides is 6. The molecule has 0 spiro atoms. The smallest absolute Gasteiger partial charge is 0.326 e. The molecule has 19 nitrogen and oxygen atoms in total. The predicted molar refractivity (Wildman–Crippen MR) is 164 cm³/mol. The SMILES string of the molecule is C[C@H](NC(=O)CNC(=O)[C@H](Cc1ccc(O)cc1)NC(=O)[C@@H](NC(=O)[C@H](CO)NC(=O)[C@@H](N)CO)[C@@H](C)O)C(=O)N1CCC[C@H]1C(=O)O. The van der Waals surface area contributed by atoms with E-state index in [1.807, 2.05) is 0 Å². The Kier molecular flexibility index (Phi) is 15.1. The van der Waals surface area contributed by atoms with Gasteiger partial charge in [-0.15, -0.1) is 0 Å². The minimum Gasteiger partial charge on any atom is -0.508 e. The fourth-order valence-corrected chi connectivity index (χ4v) is 4.73. The van der Waals surface area contributed by atoms with Crippen LogP contribution in [0.3, 0.4) is 0 Å². The number of aromatic hydroxyl groups is 1. The van der Waals surface area contributed by atoms with Crippen molar-refractivity contribution in [3.8, 4) is 5.75 Å². The molecule has 48 heavy (non-hydrogen) atoms. The van der Waals surface area contributed by atoms with Crippen LogP contribution in [0, 0.1) is 0 Å². The predicted octanol–water partition coefficient (Wildman–Crippen LogP) is -5.22. The average molecular weight is 682 g/mol. The van der Waals surface area contributed by atoms with Crippen LogP contribution in [0.2, 0.25) is 0 Å². The number of phenolic OH excluding ortho intramolecular Hbond substituents is 1. The molecular weight excluding hydrogens is 638 g/mol. The quantitative estimate of drug-likeness (QED) is 0.0733. The number of benzene rings is 1. The zero-order valence-electron chi connectivity index (χ0n) is 26.4. The summed E-state index contributed by atoms with van der Waals surface area (Å²) in [5.74, 6) is -6.65. The molecule has 1 aliphatic rings. The number of carboxylic acids is 1. The number of hydrogen-bond acceptors (Lipinski definition) is 12. The number of hydrogen-bond donors (Lipinski definition) is 11. The van der Waals surface area contributed by atoms with Gasteiger partial charge in [0.25, 0.3) is 0 Å². The van der Waals surface area contributed by atoms with E-state index in [1.54, 1.807) is 0 Å². The van der Waals surface area contributed by atoms with Crippen LogP contribution in [-0.2, 0) is 40.0 Å². The van der Waals surface area contributed by atoms with E-state index in [0.29, 0.717) is 12.0 Å². The third kappa shape index (κ3) is 11.4. The molecule has 1 heterocycles. The van der Waals surface area contributed by atoms with Crippen molar-refractivity contribution in [2.24, 2.45) is 5.73 Å². The molecule has 1 aromatic carbocycles. The Bertz CT molecular complexity index is 1330. The summed E-state index contributed by atoms with van der Waals surface area (Å²) in [6.07, 6.45) is -0.967. The highest BCUT2D eigenvalue weighted by molar-refractivity contribution is 5.96. The number of likely N-dealkylation sites (tertiary alicyclic amines) is 1. The van der Waals surface area contributed by atoms with Gasteiger partial charge in [0.1, 0.15) is 42.0 Å². The zero-order chi connectivity index (χ0) is 36.1. The second kappa shape index (κ2) is 18.5. The molecule has 12 N–H and O–H groups in total. The highest BCUT2D eigenvalue weighted by Crippen LogP contribution is 2.18. The Morgan fingerprint density at radius 3 is 2.06 bits per heavy atom. The third-order valence-corrected chi connectivity index (χ3v) is 7.41. The topological polar surface area (TPSA) is 310 Å². The maximum absolute atomic E-state index is 13.3. The zero-order valence-corrected chi connectivity index (χ0v) is 26.4. The van der Waals surface area contributed by atoms with E-state index in [4.69, 9.17) is 10.8 Å². The number of carbonyl (C=O) groups is 7. The average Bonchev–Trinajstić information content (AvgIpc) is 3.55. The van der Waals surface area contributed by atoms with E-state index in [1.165, 1.54) is 31.2 Å². The molecular formula is C29H43N7O12. The number of nitrogens with one attached hydrogen (secondary N) is 5. The Balaban J connectivity index is 2.13. The summed E-state index contributed by atoms with van der Waals surface area (Å²) >= 11 is 0. The van der Waals surface area contributed by atoms with Gasteiger partial charge in [-0.25, -0.2) is 4.79 Å². The van der Waals surface area contributed by atoms with Gasteiger partial charge in [0, 0.05) is 13.0 Å². The summed E-state index contributed by atoms with van der Waals surface area (Å²) in [5, 5.41) is 59.2. The minimum atomic E-state index is -1.71. The lowest BCUT2D eigenvalue weighted by Gasteiger charge is -2.27. The number of carboxylic acid groups (broad SMARTS) is 1. The van der Waals surface area contributed by atoms with Gasteiger partial charge >= 0.3 is 5.97 Å². The van der Waals surface area contributed by atoms with Crippen molar-refractivity contribution in [2.45, 2.75) is 75.5 Å². The van der Waals surface area contributed by atoms with Crippen LogP contribution in [0.1, 0.15) is 32.3 Å². The van der Waals surface area contributed by atoms with Gasteiger partial charge in [0.15, 0.2) is 0 Å².